The van der Waals surface area contributed by atoms with Crippen LogP contribution in [0.15, 0.2) is 47.4 Å². The van der Waals surface area contributed by atoms with Crippen LogP contribution in [0.2, 0.25) is 0 Å². The normalized spacial score (nSPS) is 14.2. The molecule has 1 heterocycles. The first-order chi connectivity index (χ1) is 13.2. The molecule has 9 heteroatoms. The van der Waals surface area contributed by atoms with Gasteiger partial charge >= 0.3 is 0 Å². The number of benzene rings is 2. The van der Waals surface area contributed by atoms with Crippen molar-refractivity contribution >= 4 is 38.9 Å². The third kappa shape index (κ3) is 4.15. The Bertz CT molecular complexity index is 1020. The number of carbonyl (C=O) groups excluding carboxylic acids is 2. The first-order valence-corrected chi connectivity index (χ1v) is 10.3. The van der Waals surface area contributed by atoms with Crippen molar-refractivity contribution in [2.75, 3.05) is 35.8 Å². The summed E-state index contributed by atoms with van der Waals surface area (Å²) in [6, 6.07) is 11.0. The molecule has 1 fully saturated rings. The summed E-state index contributed by atoms with van der Waals surface area (Å²) < 4.78 is 23.3. The van der Waals surface area contributed by atoms with E-state index in [4.69, 9.17) is 5.14 Å². The van der Waals surface area contributed by atoms with Gasteiger partial charge in [0.1, 0.15) is 0 Å². The van der Waals surface area contributed by atoms with Crippen molar-refractivity contribution in [3.05, 3.63) is 48.0 Å². The maximum atomic E-state index is 12.7. The molecule has 0 aliphatic carbocycles. The number of hydrogen-bond acceptors (Lipinski definition) is 5. The molecule has 0 radical (unpaired) electrons. The van der Waals surface area contributed by atoms with Gasteiger partial charge in [0.2, 0.25) is 15.9 Å². The lowest BCUT2D eigenvalue weighted by Crippen LogP contribution is -2.23. The molecule has 0 bridgehead atoms. The Morgan fingerprint density at radius 1 is 1.14 bits per heavy atom. The van der Waals surface area contributed by atoms with Crippen molar-refractivity contribution < 1.29 is 18.0 Å². The average Bonchev–Trinajstić information content (AvgIpc) is 3.06. The van der Waals surface area contributed by atoms with Crippen molar-refractivity contribution in [3.8, 4) is 0 Å². The maximum absolute atomic E-state index is 12.7. The van der Waals surface area contributed by atoms with Crippen LogP contribution in [0, 0.1) is 0 Å². The Balaban J connectivity index is 1.85. The minimum Gasteiger partial charge on any atom is -0.376 e. The van der Waals surface area contributed by atoms with Crippen LogP contribution in [0.5, 0.6) is 0 Å². The maximum Gasteiger partial charge on any atom is 0.255 e. The van der Waals surface area contributed by atoms with Crippen LogP contribution in [0.25, 0.3) is 0 Å². The summed E-state index contributed by atoms with van der Waals surface area (Å²) in [4.78, 5) is 27.9. The molecule has 2 amide bonds. The van der Waals surface area contributed by atoms with Gasteiger partial charge in [-0.05, 0) is 48.9 Å². The summed E-state index contributed by atoms with van der Waals surface area (Å²) in [5.41, 5.74) is 2.12. The lowest BCUT2D eigenvalue weighted by Gasteiger charge is -2.19. The summed E-state index contributed by atoms with van der Waals surface area (Å²) in [5.74, 6) is -0.318. The first-order valence-electron chi connectivity index (χ1n) is 8.73. The second-order valence-electron chi connectivity index (χ2n) is 6.77. The summed E-state index contributed by atoms with van der Waals surface area (Å²) in [6.45, 7) is 0.678. The van der Waals surface area contributed by atoms with Gasteiger partial charge in [-0.2, -0.15) is 0 Å². The van der Waals surface area contributed by atoms with E-state index in [1.165, 1.54) is 12.1 Å². The standard InChI is InChI=1S/C19H22N4O4S/c1-22(2)17-10-9-15(28(20,26)27)12-16(17)21-19(25)13-5-7-14(8-6-13)23-11-3-4-18(23)24/h5-10,12H,3-4,11H2,1-2H3,(H,21,25)(H2,20,26,27). The third-order valence-corrected chi connectivity index (χ3v) is 5.45. The van der Waals surface area contributed by atoms with E-state index >= 15 is 0 Å². The van der Waals surface area contributed by atoms with Gasteiger partial charge in [0.05, 0.1) is 16.3 Å². The molecule has 0 aromatic heterocycles. The zero-order chi connectivity index (χ0) is 20.5. The minimum absolute atomic E-state index is 0.0765. The molecule has 1 aliphatic rings. The van der Waals surface area contributed by atoms with Crippen molar-refractivity contribution in [1.82, 2.24) is 0 Å². The molecule has 0 saturated carbocycles. The van der Waals surface area contributed by atoms with E-state index in [1.807, 2.05) is 0 Å². The molecule has 0 unspecified atom stereocenters. The third-order valence-electron chi connectivity index (χ3n) is 4.54. The highest BCUT2D eigenvalue weighted by Gasteiger charge is 2.22. The number of carbonyl (C=O) groups is 2. The lowest BCUT2D eigenvalue weighted by molar-refractivity contribution is -0.117. The van der Waals surface area contributed by atoms with E-state index in [2.05, 4.69) is 5.32 Å². The van der Waals surface area contributed by atoms with Crippen LogP contribution >= 0.6 is 0 Å². The van der Waals surface area contributed by atoms with Crippen molar-refractivity contribution in [1.29, 1.82) is 0 Å². The highest BCUT2D eigenvalue weighted by molar-refractivity contribution is 7.89. The van der Waals surface area contributed by atoms with Gasteiger partial charge in [0.25, 0.3) is 5.91 Å². The molecule has 3 N–H and O–H groups in total. The lowest BCUT2D eigenvalue weighted by atomic mass is 10.1. The van der Waals surface area contributed by atoms with Gasteiger partial charge in [-0.15, -0.1) is 0 Å². The molecular formula is C19H22N4O4S. The van der Waals surface area contributed by atoms with E-state index in [0.717, 1.165) is 12.1 Å². The first kappa shape index (κ1) is 19.8. The number of nitrogens with one attached hydrogen (secondary N) is 1. The largest absolute Gasteiger partial charge is 0.376 e. The smallest absolute Gasteiger partial charge is 0.255 e. The number of nitrogens with two attached hydrogens (primary N) is 1. The topological polar surface area (TPSA) is 113 Å². The van der Waals surface area contributed by atoms with E-state index < -0.39 is 15.9 Å². The predicted molar refractivity (Wildman–Crippen MR) is 108 cm³/mol. The average molecular weight is 402 g/mol. The van der Waals surface area contributed by atoms with Crippen LogP contribution in [-0.2, 0) is 14.8 Å². The number of sulfonamides is 1. The quantitative estimate of drug-likeness (QED) is 0.792. The van der Waals surface area contributed by atoms with Crippen LogP contribution in [0.4, 0.5) is 17.1 Å². The Hall–Kier alpha value is -2.91. The number of hydrogen-bond donors (Lipinski definition) is 2. The fourth-order valence-corrected chi connectivity index (χ4v) is 3.63. The molecule has 8 nitrogen and oxygen atoms in total. The minimum atomic E-state index is -3.90. The Kier molecular flexibility index (Phi) is 5.39. The predicted octanol–water partition coefficient (Wildman–Crippen LogP) is 1.78. The summed E-state index contributed by atoms with van der Waals surface area (Å²) >= 11 is 0. The van der Waals surface area contributed by atoms with E-state index in [0.29, 0.717) is 29.9 Å². The molecule has 0 spiro atoms. The molecule has 148 valence electrons. The monoisotopic (exact) mass is 402 g/mol. The zero-order valence-electron chi connectivity index (χ0n) is 15.7. The number of amides is 2. The number of nitrogens with zero attached hydrogens (tertiary/aromatic N) is 2. The molecule has 3 rings (SSSR count). The molecule has 1 aliphatic heterocycles. The van der Waals surface area contributed by atoms with Crippen LogP contribution < -0.4 is 20.3 Å². The van der Waals surface area contributed by atoms with Gasteiger partial charge in [0, 0.05) is 38.3 Å². The highest BCUT2D eigenvalue weighted by atomic mass is 32.2. The molecule has 2 aromatic carbocycles. The number of primary sulfonamides is 1. The Labute approximate surface area is 164 Å². The van der Waals surface area contributed by atoms with E-state index in [1.54, 1.807) is 54.2 Å². The Morgan fingerprint density at radius 2 is 1.82 bits per heavy atom. The zero-order valence-corrected chi connectivity index (χ0v) is 16.5. The second-order valence-corrected chi connectivity index (χ2v) is 8.33. The van der Waals surface area contributed by atoms with Gasteiger partial charge < -0.3 is 15.1 Å². The fraction of sp³-hybridized carbons (Fsp3) is 0.263. The molecule has 1 saturated heterocycles. The van der Waals surface area contributed by atoms with Crippen molar-refractivity contribution in [2.45, 2.75) is 17.7 Å². The number of rotatable bonds is 5. The van der Waals surface area contributed by atoms with Crippen molar-refractivity contribution in [3.63, 3.8) is 0 Å². The summed E-state index contributed by atoms with van der Waals surface area (Å²) in [7, 11) is -0.333. The van der Waals surface area contributed by atoms with Gasteiger partial charge in [-0.25, -0.2) is 13.6 Å². The fourth-order valence-electron chi connectivity index (χ4n) is 3.09. The van der Waals surface area contributed by atoms with E-state index in [-0.39, 0.29) is 10.8 Å². The summed E-state index contributed by atoms with van der Waals surface area (Å²) in [5, 5.41) is 7.93. The van der Waals surface area contributed by atoms with Gasteiger partial charge in [-0.3, -0.25) is 9.59 Å². The highest BCUT2D eigenvalue weighted by Crippen LogP contribution is 2.28. The van der Waals surface area contributed by atoms with Gasteiger partial charge in [0.15, 0.2) is 0 Å². The molecule has 0 atom stereocenters. The molecule has 28 heavy (non-hydrogen) atoms. The van der Waals surface area contributed by atoms with Crippen LogP contribution in [-0.4, -0.2) is 40.9 Å². The SMILES string of the molecule is CN(C)c1ccc(S(N)(=O)=O)cc1NC(=O)c1ccc(N2CCCC2=O)cc1. The van der Waals surface area contributed by atoms with Gasteiger partial charge in [-0.1, -0.05) is 0 Å². The molecular weight excluding hydrogens is 380 g/mol. The van der Waals surface area contributed by atoms with Crippen molar-refractivity contribution in [2.24, 2.45) is 5.14 Å². The van der Waals surface area contributed by atoms with Crippen LogP contribution in [0.3, 0.4) is 0 Å². The molecule has 2 aromatic rings. The van der Waals surface area contributed by atoms with E-state index in [9.17, 15) is 18.0 Å². The Morgan fingerprint density at radius 3 is 2.36 bits per heavy atom. The number of anilines is 3. The second kappa shape index (κ2) is 7.61. The summed E-state index contributed by atoms with van der Waals surface area (Å²) in [6.07, 6.45) is 1.37. The van der Waals surface area contributed by atoms with Crippen LogP contribution in [0.1, 0.15) is 23.2 Å².